The predicted octanol–water partition coefficient (Wildman–Crippen LogP) is 1.73. The number of nitrogens with zero attached hydrogens (tertiary/aromatic N) is 5. The monoisotopic (exact) mass is 426 g/mol. The summed E-state index contributed by atoms with van der Waals surface area (Å²) in [6, 6.07) is 7.22. The maximum Gasteiger partial charge on any atom is 0.262 e. The van der Waals surface area contributed by atoms with Gasteiger partial charge in [0.15, 0.2) is 0 Å². The van der Waals surface area contributed by atoms with Crippen LogP contribution in [-0.4, -0.2) is 32.6 Å². The first-order chi connectivity index (χ1) is 14.5. The average Bonchev–Trinajstić information content (AvgIpc) is 3.24. The van der Waals surface area contributed by atoms with E-state index in [0.717, 1.165) is 38.3 Å². The number of hydrogen-bond donors (Lipinski definition) is 3. The van der Waals surface area contributed by atoms with Gasteiger partial charge in [0.05, 0.1) is 15.9 Å². The third kappa shape index (κ3) is 4.50. The number of nitrogens with two attached hydrogens (primary N) is 2. The van der Waals surface area contributed by atoms with Crippen molar-refractivity contribution >= 4 is 34.1 Å². The Bertz CT molecular complexity index is 1130. The minimum absolute atomic E-state index is 0.00986. The summed E-state index contributed by atoms with van der Waals surface area (Å²) in [7, 11) is 0. The SMILES string of the molecule is CCc1nc2cccc(Cl)c2c(=O)n1CC1CCNC1.N#Cc1c(N)ncnc1N. The summed E-state index contributed by atoms with van der Waals surface area (Å²) in [4.78, 5) is 24.5. The fourth-order valence-corrected chi connectivity index (χ4v) is 3.63. The van der Waals surface area contributed by atoms with E-state index in [0.29, 0.717) is 21.8 Å². The molecule has 3 aromatic rings. The Balaban J connectivity index is 0.000000216. The molecule has 9 nitrogen and oxygen atoms in total. The Morgan fingerprint density at radius 2 is 2.07 bits per heavy atom. The minimum Gasteiger partial charge on any atom is -0.382 e. The molecule has 1 atom stereocenters. The van der Waals surface area contributed by atoms with E-state index in [1.807, 2.05) is 23.6 Å². The van der Waals surface area contributed by atoms with Crippen LogP contribution in [0.4, 0.5) is 11.6 Å². The number of hydrogen-bond acceptors (Lipinski definition) is 8. The first kappa shape index (κ1) is 21.5. The summed E-state index contributed by atoms with van der Waals surface area (Å²) in [6.45, 7) is 4.75. The summed E-state index contributed by atoms with van der Waals surface area (Å²) >= 11 is 6.18. The zero-order valence-electron chi connectivity index (χ0n) is 16.6. The van der Waals surface area contributed by atoms with E-state index in [9.17, 15) is 4.79 Å². The van der Waals surface area contributed by atoms with E-state index in [-0.39, 0.29) is 22.8 Å². The van der Waals surface area contributed by atoms with Crippen LogP contribution in [0, 0.1) is 17.2 Å². The van der Waals surface area contributed by atoms with E-state index in [2.05, 4.69) is 20.3 Å². The third-order valence-corrected chi connectivity index (χ3v) is 5.26. The number of rotatable bonds is 3. The number of aryl methyl sites for hydroxylation is 1. The maximum absolute atomic E-state index is 12.7. The van der Waals surface area contributed by atoms with Crippen molar-refractivity contribution in [3.63, 3.8) is 0 Å². The Labute approximate surface area is 178 Å². The smallest absolute Gasteiger partial charge is 0.262 e. The highest BCUT2D eigenvalue weighted by molar-refractivity contribution is 6.35. The minimum atomic E-state index is -0.00986. The topological polar surface area (TPSA) is 149 Å². The Morgan fingerprint density at radius 1 is 1.33 bits per heavy atom. The molecule has 0 amide bonds. The molecule has 0 radical (unpaired) electrons. The van der Waals surface area contributed by atoms with Crippen LogP contribution in [0.2, 0.25) is 5.02 Å². The number of nitrogens with one attached hydrogen (secondary N) is 1. The van der Waals surface area contributed by atoms with Crippen molar-refractivity contribution in [1.29, 1.82) is 5.26 Å². The lowest BCUT2D eigenvalue weighted by atomic mass is 10.1. The largest absolute Gasteiger partial charge is 0.382 e. The van der Waals surface area contributed by atoms with Crippen molar-refractivity contribution in [2.45, 2.75) is 26.3 Å². The van der Waals surface area contributed by atoms with Gasteiger partial charge >= 0.3 is 0 Å². The molecular formula is C20H23ClN8O. The summed E-state index contributed by atoms with van der Waals surface area (Å²) < 4.78 is 1.81. The predicted molar refractivity (Wildman–Crippen MR) is 117 cm³/mol. The maximum atomic E-state index is 12.7. The van der Waals surface area contributed by atoms with Gasteiger partial charge in [0.2, 0.25) is 0 Å². The highest BCUT2D eigenvalue weighted by Gasteiger charge is 2.19. The lowest BCUT2D eigenvalue weighted by Gasteiger charge is -2.16. The highest BCUT2D eigenvalue weighted by atomic mass is 35.5. The molecule has 1 aliphatic heterocycles. The second kappa shape index (κ2) is 9.52. The molecule has 1 saturated heterocycles. The highest BCUT2D eigenvalue weighted by Crippen LogP contribution is 2.20. The Hall–Kier alpha value is -3.22. The fourth-order valence-electron chi connectivity index (χ4n) is 3.38. The van der Waals surface area contributed by atoms with Gasteiger partial charge in [0.25, 0.3) is 5.56 Å². The Kier molecular flexibility index (Phi) is 6.82. The number of anilines is 2. The summed E-state index contributed by atoms with van der Waals surface area (Å²) in [5.74, 6) is 1.58. The van der Waals surface area contributed by atoms with Crippen LogP contribution < -0.4 is 22.3 Å². The average molecular weight is 427 g/mol. The molecular weight excluding hydrogens is 404 g/mol. The standard InChI is InChI=1S/C15H18ClN3O.C5H5N5/c1-2-13-18-12-5-3-4-11(16)14(12)15(20)19(13)9-10-6-7-17-8-10;6-1-3-4(7)9-2-10-5(3)8/h3-5,10,17H,2,6-9H2,1H3;2H,(H4,7,8,9,10). The lowest BCUT2D eigenvalue weighted by Crippen LogP contribution is -2.29. The van der Waals surface area contributed by atoms with Gasteiger partial charge in [0.1, 0.15) is 35.4 Å². The zero-order valence-corrected chi connectivity index (χ0v) is 17.4. The number of benzene rings is 1. The number of fused-ring (bicyclic) bond motifs is 1. The van der Waals surface area contributed by atoms with Crippen molar-refractivity contribution in [2.24, 2.45) is 5.92 Å². The molecule has 1 fully saturated rings. The Morgan fingerprint density at radius 3 is 2.63 bits per heavy atom. The van der Waals surface area contributed by atoms with Gasteiger partial charge < -0.3 is 16.8 Å². The molecule has 5 N–H and O–H groups in total. The molecule has 1 aromatic carbocycles. The van der Waals surface area contributed by atoms with Crippen molar-refractivity contribution in [3.8, 4) is 6.07 Å². The molecule has 30 heavy (non-hydrogen) atoms. The van der Waals surface area contributed by atoms with Crippen molar-refractivity contribution in [3.05, 3.63) is 51.3 Å². The van der Waals surface area contributed by atoms with E-state index in [1.165, 1.54) is 6.33 Å². The molecule has 1 aliphatic rings. The second-order valence-electron chi connectivity index (χ2n) is 6.92. The third-order valence-electron chi connectivity index (χ3n) is 4.95. The normalized spacial score (nSPS) is 15.4. The number of halogens is 1. The first-order valence-electron chi connectivity index (χ1n) is 9.60. The molecule has 0 spiro atoms. The van der Waals surface area contributed by atoms with Gasteiger partial charge in [-0.2, -0.15) is 5.26 Å². The van der Waals surface area contributed by atoms with Crippen molar-refractivity contribution in [2.75, 3.05) is 24.6 Å². The molecule has 0 aliphatic carbocycles. The van der Waals surface area contributed by atoms with Crippen molar-refractivity contribution < 1.29 is 0 Å². The number of nitriles is 1. The van der Waals surface area contributed by atoms with Gasteiger partial charge in [-0.1, -0.05) is 24.6 Å². The van der Waals surface area contributed by atoms with Gasteiger partial charge in [0, 0.05) is 13.0 Å². The molecule has 3 heterocycles. The molecule has 2 aromatic heterocycles. The van der Waals surface area contributed by atoms with E-state index >= 15 is 0 Å². The zero-order chi connectivity index (χ0) is 21.7. The molecule has 156 valence electrons. The van der Waals surface area contributed by atoms with E-state index in [4.69, 9.17) is 28.3 Å². The second-order valence-corrected chi connectivity index (χ2v) is 7.33. The first-order valence-corrected chi connectivity index (χ1v) is 9.98. The van der Waals surface area contributed by atoms with Crippen LogP contribution in [0.5, 0.6) is 0 Å². The van der Waals surface area contributed by atoms with Crippen LogP contribution in [0.1, 0.15) is 24.7 Å². The molecule has 0 bridgehead atoms. The summed E-state index contributed by atoms with van der Waals surface area (Å²) in [5, 5.41) is 12.8. The molecule has 10 heteroatoms. The van der Waals surface area contributed by atoms with Gasteiger partial charge in [-0.05, 0) is 37.6 Å². The van der Waals surface area contributed by atoms with Gasteiger partial charge in [-0.25, -0.2) is 15.0 Å². The van der Waals surface area contributed by atoms with Crippen LogP contribution in [0.25, 0.3) is 10.9 Å². The van der Waals surface area contributed by atoms with Crippen molar-refractivity contribution in [1.82, 2.24) is 24.8 Å². The van der Waals surface area contributed by atoms with Crippen LogP contribution >= 0.6 is 11.6 Å². The summed E-state index contributed by atoms with van der Waals surface area (Å²) in [5.41, 5.74) is 11.4. The van der Waals surface area contributed by atoms with Gasteiger partial charge in [-0.15, -0.1) is 0 Å². The van der Waals surface area contributed by atoms with Gasteiger partial charge in [-0.3, -0.25) is 9.36 Å². The molecule has 4 rings (SSSR count). The van der Waals surface area contributed by atoms with E-state index in [1.54, 1.807) is 12.1 Å². The molecule has 1 unspecified atom stereocenters. The number of nitrogen functional groups attached to an aromatic ring is 2. The quantitative estimate of drug-likeness (QED) is 0.573. The summed E-state index contributed by atoms with van der Waals surface area (Å²) in [6.07, 6.45) is 3.07. The lowest BCUT2D eigenvalue weighted by molar-refractivity contribution is 0.457. The van der Waals surface area contributed by atoms with Crippen LogP contribution in [0.15, 0.2) is 29.3 Å². The van der Waals surface area contributed by atoms with E-state index < -0.39 is 0 Å². The fraction of sp³-hybridized carbons (Fsp3) is 0.350. The number of aromatic nitrogens is 4. The van der Waals surface area contributed by atoms with Crippen LogP contribution in [0.3, 0.4) is 0 Å². The molecule has 0 saturated carbocycles. The van der Waals surface area contributed by atoms with Crippen LogP contribution in [-0.2, 0) is 13.0 Å².